The summed E-state index contributed by atoms with van der Waals surface area (Å²) in [7, 11) is 0. The molecule has 6 heteroatoms. The minimum Gasteiger partial charge on any atom is -0.344 e. The SMILES string of the molecule is O=C(NC(CCl)c1ccccc1)c1cc(Br)sc1Br. The smallest absolute Gasteiger partial charge is 0.253 e. The second-order valence-corrected chi connectivity index (χ2v) is 7.89. The summed E-state index contributed by atoms with van der Waals surface area (Å²) in [6.07, 6.45) is 0. The molecule has 0 bridgehead atoms. The lowest BCUT2D eigenvalue weighted by Crippen LogP contribution is -2.29. The van der Waals surface area contributed by atoms with Crippen molar-refractivity contribution in [2.24, 2.45) is 0 Å². The molecule has 1 amide bonds. The van der Waals surface area contributed by atoms with E-state index in [0.717, 1.165) is 13.1 Å². The van der Waals surface area contributed by atoms with E-state index < -0.39 is 0 Å². The number of amides is 1. The predicted octanol–water partition coefficient (Wildman–Crippen LogP) is 4.98. The number of carbonyl (C=O) groups excluding carboxylic acids is 1. The maximum Gasteiger partial charge on any atom is 0.253 e. The van der Waals surface area contributed by atoms with Crippen LogP contribution in [-0.2, 0) is 0 Å². The van der Waals surface area contributed by atoms with Gasteiger partial charge in [0.2, 0.25) is 0 Å². The maximum atomic E-state index is 12.2. The molecule has 1 aromatic heterocycles. The molecule has 1 unspecified atom stereocenters. The van der Waals surface area contributed by atoms with Crippen molar-refractivity contribution in [2.45, 2.75) is 6.04 Å². The summed E-state index contributed by atoms with van der Waals surface area (Å²) in [6.45, 7) is 0. The Balaban J connectivity index is 2.15. The Morgan fingerprint density at radius 1 is 1.32 bits per heavy atom. The summed E-state index contributed by atoms with van der Waals surface area (Å²) in [5, 5.41) is 2.94. The van der Waals surface area contributed by atoms with Crippen LogP contribution in [0.5, 0.6) is 0 Å². The van der Waals surface area contributed by atoms with Gasteiger partial charge in [0.15, 0.2) is 0 Å². The highest BCUT2D eigenvalue weighted by molar-refractivity contribution is 9.12. The highest BCUT2D eigenvalue weighted by Crippen LogP contribution is 2.32. The van der Waals surface area contributed by atoms with Gasteiger partial charge in [0.05, 0.1) is 19.2 Å². The second kappa shape index (κ2) is 6.88. The highest BCUT2D eigenvalue weighted by Gasteiger charge is 2.18. The molecule has 0 spiro atoms. The van der Waals surface area contributed by atoms with E-state index in [1.165, 1.54) is 11.3 Å². The van der Waals surface area contributed by atoms with Crippen LogP contribution in [0.4, 0.5) is 0 Å². The van der Waals surface area contributed by atoms with Crippen molar-refractivity contribution in [3.05, 3.63) is 55.1 Å². The summed E-state index contributed by atoms with van der Waals surface area (Å²) in [5.74, 6) is 0.196. The molecule has 1 heterocycles. The molecule has 0 radical (unpaired) electrons. The first-order chi connectivity index (χ1) is 9.11. The monoisotopic (exact) mass is 421 g/mol. The molecule has 2 rings (SSSR count). The normalized spacial score (nSPS) is 12.2. The average molecular weight is 424 g/mol. The quantitative estimate of drug-likeness (QED) is 0.690. The number of carbonyl (C=O) groups is 1. The molecule has 2 nitrogen and oxygen atoms in total. The molecule has 19 heavy (non-hydrogen) atoms. The third-order valence-electron chi connectivity index (χ3n) is 2.56. The minimum atomic E-state index is -0.194. The van der Waals surface area contributed by atoms with Crippen molar-refractivity contribution in [1.29, 1.82) is 0 Å². The number of nitrogens with one attached hydrogen (secondary N) is 1. The van der Waals surface area contributed by atoms with Crippen LogP contribution in [0.1, 0.15) is 22.0 Å². The van der Waals surface area contributed by atoms with E-state index in [0.29, 0.717) is 11.4 Å². The molecular weight excluding hydrogens is 413 g/mol. The third kappa shape index (κ3) is 3.81. The van der Waals surface area contributed by atoms with Crippen LogP contribution in [-0.4, -0.2) is 11.8 Å². The van der Waals surface area contributed by atoms with E-state index in [2.05, 4.69) is 37.2 Å². The minimum absolute atomic E-state index is 0.136. The first-order valence-corrected chi connectivity index (χ1v) is 8.42. The van der Waals surface area contributed by atoms with E-state index in [9.17, 15) is 4.79 Å². The van der Waals surface area contributed by atoms with E-state index in [-0.39, 0.29) is 11.9 Å². The van der Waals surface area contributed by atoms with E-state index in [1.807, 2.05) is 30.3 Å². The summed E-state index contributed by atoms with van der Waals surface area (Å²) in [4.78, 5) is 12.2. The summed E-state index contributed by atoms with van der Waals surface area (Å²) < 4.78 is 1.71. The lowest BCUT2D eigenvalue weighted by molar-refractivity contribution is 0.0940. The van der Waals surface area contributed by atoms with Crippen molar-refractivity contribution in [1.82, 2.24) is 5.32 Å². The van der Waals surface area contributed by atoms with Crippen LogP contribution in [0.25, 0.3) is 0 Å². The molecule has 0 aliphatic rings. The van der Waals surface area contributed by atoms with Gasteiger partial charge in [-0.3, -0.25) is 4.79 Å². The lowest BCUT2D eigenvalue weighted by atomic mass is 10.1. The fourth-order valence-electron chi connectivity index (χ4n) is 1.63. The van der Waals surface area contributed by atoms with Crippen molar-refractivity contribution in [3.8, 4) is 0 Å². The number of hydrogen-bond donors (Lipinski definition) is 1. The molecular formula is C13H10Br2ClNOS. The number of halogens is 3. The van der Waals surface area contributed by atoms with E-state index in [4.69, 9.17) is 11.6 Å². The Hall–Kier alpha value is -0.360. The number of rotatable bonds is 4. The zero-order valence-corrected chi connectivity index (χ0v) is 14.4. The van der Waals surface area contributed by atoms with Gasteiger partial charge in [-0.15, -0.1) is 22.9 Å². The number of hydrogen-bond acceptors (Lipinski definition) is 2. The first-order valence-electron chi connectivity index (χ1n) is 5.48. The molecule has 0 saturated carbocycles. The molecule has 1 N–H and O–H groups in total. The number of alkyl halides is 1. The highest BCUT2D eigenvalue weighted by atomic mass is 79.9. The molecule has 0 aliphatic heterocycles. The van der Waals surface area contributed by atoms with Crippen LogP contribution in [0.15, 0.2) is 44.0 Å². The van der Waals surface area contributed by atoms with E-state index >= 15 is 0 Å². The Morgan fingerprint density at radius 3 is 2.53 bits per heavy atom. The van der Waals surface area contributed by atoms with Crippen LogP contribution in [0, 0.1) is 0 Å². The Bertz CT molecular complexity index is 573. The third-order valence-corrected chi connectivity index (χ3v) is 5.21. The predicted molar refractivity (Wildman–Crippen MR) is 87.1 cm³/mol. The summed E-state index contributed by atoms with van der Waals surface area (Å²) in [5.41, 5.74) is 1.61. The van der Waals surface area contributed by atoms with Crippen molar-refractivity contribution in [3.63, 3.8) is 0 Å². The fourth-order valence-corrected chi connectivity index (χ4v) is 4.68. The molecule has 2 aromatic rings. The van der Waals surface area contributed by atoms with Crippen molar-refractivity contribution >= 4 is 60.7 Å². The van der Waals surface area contributed by atoms with Gasteiger partial charge in [-0.05, 0) is 43.5 Å². The van der Waals surface area contributed by atoms with Gasteiger partial charge >= 0.3 is 0 Å². The topological polar surface area (TPSA) is 29.1 Å². The lowest BCUT2D eigenvalue weighted by Gasteiger charge is -2.16. The second-order valence-electron chi connectivity index (χ2n) is 3.83. The largest absolute Gasteiger partial charge is 0.344 e. The van der Waals surface area contributed by atoms with Crippen LogP contribution >= 0.6 is 54.8 Å². The summed E-state index contributed by atoms with van der Waals surface area (Å²) in [6, 6.07) is 11.3. The molecule has 100 valence electrons. The van der Waals surface area contributed by atoms with Crippen LogP contribution in [0.2, 0.25) is 0 Å². The van der Waals surface area contributed by atoms with Crippen LogP contribution < -0.4 is 5.32 Å². The van der Waals surface area contributed by atoms with Gasteiger partial charge in [-0.1, -0.05) is 30.3 Å². The van der Waals surface area contributed by atoms with Gasteiger partial charge in [-0.2, -0.15) is 0 Å². The standard InChI is InChI=1S/C13H10Br2ClNOS/c14-11-6-9(12(15)19-11)13(18)17-10(7-16)8-4-2-1-3-5-8/h1-6,10H,7H2,(H,17,18). The fraction of sp³-hybridized carbons (Fsp3) is 0.154. The van der Waals surface area contributed by atoms with E-state index in [1.54, 1.807) is 6.07 Å². The Labute approximate surface area is 137 Å². The zero-order chi connectivity index (χ0) is 13.8. The average Bonchev–Trinajstić information content (AvgIpc) is 2.76. The van der Waals surface area contributed by atoms with Gasteiger partial charge < -0.3 is 5.32 Å². The molecule has 1 aromatic carbocycles. The number of benzene rings is 1. The maximum absolute atomic E-state index is 12.2. The Morgan fingerprint density at radius 2 is 2.00 bits per heavy atom. The molecule has 0 fully saturated rings. The molecule has 0 saturated heterocycles. The van der Waals surface area contributed by atoms with Crippen molar-refractivity contribution in [2.75, 3.05) is 5.88 Å². The molecule has 0 aliphatic carbocycles. The first kappa shape index (κ1) is 15.0. The summed E-state index contributed by atoms with van der Waals surface area (Å²) >= 11 is 14.2. The molecule has 1 atom stereocenters. The van der Waals surface area contributed by atoms with Gasteiger partial charge in [0.25, 0.3) is 5.91 Å². The van der Waals surface area contributed by atoms with Crippen molar-refractivity contribution < 1.29 is 4.79 Å². The Kier molecular flexibility index (Phi) is 5.45. The van der Waals surface area contributed by atoms with Gasteiger partial charge in [-0.25, -0.2) is 0 Å². The number of thiophene rings is 1. The van der Waals surface area contributed by atoms with Gasteiger partial charge in [0.1, 0.15) is 0 Å². The van der Waals surface area contributed by atoms with Gasteiger partial charge in [0, 0.05) is 5.88 Å². The zero-order valence-electron chi connectivity index (χ0n) is 9.70. The van der Waals surface area contributed by atoms with Crippen LogP contribution in [0.3, 0.4) is 0 Å².